The van der Waals surface area contributed by atoms with Gasteiger partial charge in [0.25, 0.3) is 0 Å². The van der Waals surface area contributed by atoms with Gasteiger partial charge in [0.1, 0.15) is 0 Å². The van der Waals surface area contributed by atoms with E-state index in [2.05, 4.69) is 0 Å². The lowest BCUT2D eigenvalue weighted by molar-refractivity contribution is 0.339. The highest BCUT2D eigenvalue weighted by Gasteiger charge is 2.08. The van der Waals surface area contributed by atoms with Crippen LogP contribution in [0.5, 0.6) is 0 Å². The first-order chi connectivity index (χ1) is 6.95. The largest absolute Gasteiger partial charge is 0.504 e. The molecule has 0 fully saturated rings. The maximum absolute atomic E-state index is 11.1. The molecule has 5 heteroatoms. The van der Waals surface area contributed by atoms with E-state index in [4.69, 9.17) is 9.88 Å². The van der Waals surface area contributed by atoms with Crippen LogP contribution in [-0.4, -0.2) is 15.5 Å². The van der Waals surface area contributed by atoms with Crippen molar-refractivity contribution in [3.8, 4) is 0 Å². The van der Waals surface area contributed by atoms with Crippen molar-refractivity contribution in [2.45, 2.75) is 11.8 Å². The van der Waals surface area contributed by atoms with Gasteiger partial charge in [0.2, 0.25) is 10.0 Å². The highest BCUT2D eigenvalue weighted by molar-refractivity contribution is 7.89. The molecule has 4 nitrogen and oxygen atoms in total. The zero-order valence-electron chi connectivity index (χ0n) is 8.60. The quantitative estimate of drug-likeness (QED) is 0.792. The zero-order chi connectivity index (χ0) is 11.5. The number of benzene rings is 1. The molecule has 0 aliphatic rings. The summed E-state index contributed by atoms with van der Waals surface area (Å²) in [5.74, 6) is 0. The number of ether oxygens (including phenoxy) is 1. The molecule has 0 aromatic heterocycles. The Balaban J connectivity index is 3.20. The molecular formula is C10H13NO3S. The number of rotatable bonds is 3. The second-order valence-electron chi connectivity index (χ2n) is 3.11. The van der Waals surface area contributed by atoms with Crippen LogP contribution in [0.25, 0.3) is 5.57 Å². The molecule has 0 saturated carbocycles. The predicted octanol–water partition coefficient (Wildman–Crippen LogP) is 1.34. The lowest BCUT2D eigenvalue weighted by Crippen LogP contribution is -2.12. The second-order valence-corrected chi connectivity index (χ2v) is 4.67. The fraction of sp³-hybridized carbons (Fsp3) is 0.200. The van der Waals surface area contributed by atoms with Crippen LogP contribution in [-0.2, 0) is 14.8 Å². The molecule has 0 bridgehead atoms. The van der Waals surface area contributed by atoms with Crippen molar-refractivity contribution in [2.24, 2.45) is 5.14 Å². The van der Waals surface area contributed by atoms with Crippen LogP contribution in [0, 0.1) is 0 Å². The topological polar surface area (TPSA) is 69.4 Å². The first-order valence-electron chi connectivity index (χ1n) is 4.28. The van der Waals surface area contributed by atoms with E-state index in [-0.39, 0.29) is 4.90 Å². The van der Waals surface area contributed by atoms with E-state index in [1.165, 1.54) is 19.2 Å². The van der Waals surface area contributed by atoms with Crippen molar-refractivity contribution in [3.63, 3.8) is 0 Å². The van der Waals surface area contributed by atoms with Crippen LogP contribution in [0.3, 0.4) is 0 Å². The van der Waals surface area contributed by atoms with Crippen LogP contribution < -0.4 is 5.14 Å². The molecule has 0 atom stereocenters. The summed E-state index contributed by atoms with van der Waals surface area (Å²) in [5.41, 5.74) is 1.60. The van der Waals surface area contributed by atoms with E-state index in [1.54, 1.807) is 18.4 Å². The summed E-state index contributed by atoms with van der Waals surface area (Å²) in [6, 6.07) is 6.40. The minimum absolute atomic E-state index is 0.101. The summed E-state index contributed by atoms with van der Waals surface area (Å²) in [4.78, 5) is 0.101. The SMILES string of the molecule is CO/C=C(\C)c1cccc(S(N)(=O)=O)c1. The molecule has 0 radical (unpaired) electrons. The maximum atomic E-state index is 11.1. The number of sulfonamides is 1. The van der Waals surface area contributed by atoms with Crippen LogP contribution in [0.15, 0.2) is 35.4 Å². The number of nitrogens with two attached hydrogens (primary N) is 1. The van der Waals surface area contributed by atoms with Gasteiger partial charge in [0.15, 0.2) is 0 Å². The number of primary sulfonamides is 1. The van der Waals surface area contributed by atoms with E-state index in [0.29, 0.717) is 0 Å². The van der Waals surface area contributed by atoms with Crippen molar-refractivity contribution < 1.29 is 13.2 Å². The molecule has 0 spiro atoms. The molecular weight excluding hydrogens is 214 g/mol. The summed E-state index contributed by atoms with van der Waals surface area (Å²) in [6.07, 6.45) is 1.54. The zero-order valence-corrected chi connectivity index (χ0v) is 9.41. The van der Waals surface area contributed by atoms with Gasteiger partial charge in [-0.25, -0.2) is 13.6 Å². The van der Waals surface area contributed by atoms with E-state index in [1.807, 2.05) is 6.92 Å². The standard InChI is InChI=1S/C10H13NO3S/c1-8(7-14-2)9-4-3-5-10(6-9)15(11,12)13/h3-7H,1-2H3,(H2,11,12,13)/b8-7+. The Bertz CT molecular complexity index is 477. The van der Waals surface area contributed by atoms with Crippen LogP contribution >= 0.6 is 0 Å². The van der Waals surface area contributed by atoms with Gasteiger partial charge in [-0.1, -0.05) is 12.1 Å². The average molecular weight is 227 g/mol. The number of methoxy groups -OCH3 is 1. The summed E-state index contributed by atoms with van der Waals surface area (Å²) in [5, 5.41) is 5.02. The third-order valence-corrected chi connectivity index (χ3v) is 2.82. The van der Waals surface area contributed by atoms with Gasteiger partial charge in [-0.15, -0.1) is 0 Å². The Kier molecular flexibility index (Phi) is 3.49. The third-order valence-electron chi connectivity index (χ3n) is 1.91. The van der Waals surface area contributed by atoms with Gasteiger partial charge in [0.05, 0.1) is 18.3 Å². The fourth-order valence-electron chi connectivity index (χ4n) is 1.16. The molecule has 0 aliphatic carbocycles. The fourth-order valence-corrected chi connectivity index (χ4v) is 1.72. The van der Waals surface area contributed by atoms with Crippen molar-refractivity contribution in [3.05, 3.63) is 36.1 Å². The molecule has 0 amide bonds. The Morgan fingerprint density at radius 2 is 2.13 bits per heavy atom. The first kappa shape index (κ1) is 11.7. The van der Waals surface area contributed by atoms with E-state index >= 15 is 0 Å². The molecule has 1 aromatic rings. The van der Waals surface area contributed by atoms with Gasteiger partial charge in [0, 0.05) is 0 Å². The third kappa shape index (κ3) is 3.07. The minimum atomic E-state index is -3.64. The van der Waals surface area contributed by atoms with Crippen molar-refractivity contribution in [2.75, 3.05) is 7.11 Å². The number of allylic oxidation sites excluding steroid dienone is 1. The predicted molar refractivity (Wildman–Crippen MR) is 58.5 cm³/mol. The molecule has 1 rings (SSSR count). The summed E-state index contributed by atoms with van der Waals surface area (Å²) < 4.78 is 27.0. The molecule has 2 N–H and O–H groups in total. The van der Waals surface area contributed by atoms with Gasteiger partial charge < -0.3 is 4.74 Å². The Hall–Kier alpha value is -1.33. The lowest BCUT2D eigenvalue weighted by Gasteiger charge is -2.03. The highest BCUT2D eigenvalue weighted by atomic mass is 32.2. The molecule has 0 aliphatic heterocycles. The smallest absolute Gasteiger partial charge is 0.238 e. The van der Waals surface area contributed by atoms with E-state index < -0.39 is 10.0 Å². The van der Waals surface area contributed by atoms with Gasteiger partial charge in [-0.05, 0) is 30.2 Å². The van der Waals surface area contributed by atoms with Gasteiger partial charge in [-0.3, -0.25) is 0 Å². The molecule has 1 aromatic carbocycles. The Morgan fingerprint density at radius 3 is 2.67 bits per heavy atom. The summed E-state index contributed by atoms with van der Waals surface area (Å²) in [7, 11) is -2.11. The van der Waals surface area contributed by atoms with Gasteiger partial charge >= 0.3 is 0 Å². The first-order valence-corrected chi connectivity index (χ1v) is 5.82. The highest BCUT2D eigenvalue weighted by Crippen LogP contribution is 2.17. The van der Waals surface area contributed by atoms with Crippen molar-refractivity contribution in [1.29, 1.82) is 0 Å². The van der Waals surface area contributed by atoms with Crippen molar-refractivity contribution >= 4 is 15.6 Å². The van der Waals surface area contributed by atoms with E-state index in [9.17, 15) is 8.42 Å². The van der Waals surface area contributed by atoms with Crippen molar-refractivity contribution in [1.82, 2.24) is 0 Å². The van der Waals surface area contributed by atoms with E-state index in [0.717, 1.165) is 11.1 Å². The Labute approximate surface area is 89.4 Å². The molecule has 15 heavy (non-hydrogen) atoms. The Morgan fingerprint density at radius 1 is 1.47 bits per heavy atom. The minimum Gasteiger partial charge on any atom is -0.504 e. The monoisotopic (exact) mass is 227 g/mol. The normalized spacial score (nSPS) is 12.6. The molecule has 82 valence electrons. The summed E-state index contributed by atoms with van der Waals surface area (Å²) in [6.45, 7) is 1.83. The number of hydrogen-bond donors (Lipinski definition) is 1. The second kappa shape index (κ2) is 4.46. The van der Waals surface area contributed by atoms with Crippen LogP contribution in [0.2, 0.25) is 0 Å². The molecule has 0 heterocycles. The molecule has 0 saturated heterocycles. The van der Waals surface area contributed by atoms with Crippen LogP contribution in [0.4, 0.5) is 0 Å². The lowest BCUT2D eigenvalue weighted by atomic mass is 10.1. The number of hydrogen-bond acceptors (Lipinski definition) is 3. The average Bonchev–Trinajstić information content (AvgIpc) is 2.17. The maximum Gasteiger partial charge on any atom is 0.238 e. The van der Waals surface area contributed by atoms with Gasteiger partial charge in [-0.2, -0.15) is 0 Å². The summed E-state index contributed by atoms with van der Waals surface area (Å²) >= 11 is 0. The van der Waals surface area contributed by atoms with Crippen LogP contribution in [0.1, 0.15) is 12.5 Å². The molecule has 0 unspecified atom stereocenters.